The van der Waals surface area contributed by atoms with Gasteiger partial charge in [-0.25, -0.2) is 0 Å². The van der Waals surface area contributed by atoms with Crippen molar-refractivity contribution in [2.24, 2.45) is 50.2 Å². The van der Waals surface area contributed by atoms with Gasteiger partial charge in [-0.05, 0) is 104 Å². The minimum atomic E-state index is -2.15. The summed E-state index contributed by atoms with van der Waals surface area (Å²) in [7, 11) is 0. The third kappa shape index (κ3) is 11.7. The standard InChI is InChI=1S/C60H98O29/c1-55(2)13-15-60(54(79)89-51-44(77)41(74)36(69)28(20-63)82-51)16-14-58(5)24(25(60)17-55)7-8-32-56(3)11-10-33(57(4,23-66)31(56)9-12-59(32,58)6)85-53-48(88-50-43(76)40(73)35(68)27(19-62)81-50)47(38(71)30(22-65)84-53)87-52-45(78)46(37(70)29(21-64)83-52)86-49-42(75)39(72)34(67)26(18-61)80-49/h7,25-53,61-78H,8-23H2,1-6H3/t25-,26+,27+,28+,29+,30+,31+,32+,33-,34+,35+,36+,37+,38+,39-,40-,41-,42+,43+,44+,45+,46-,47-,48+,49-,50-,51-,52-,53-,56-,57-,58+,59+,60-/m0/s1. The van der Waals surface area contributed by atoms with Crippen molar-refractivity contribution in [1.82, 2.24) is 0 Å². The van der Waals surface area contributed by atoms with Crippen molar-refractivity contribution < 1.29 is 144 Å². The van der Waals surface area contributed by atoms with Gasteiger partial charge in [0.15, 0.2) is 25.2 Å². The van der Waals surface area contributed by atoms with E-state index in [1.165, 1.54) is 0 Å². The van der Waals surface area contributed by atoms with E-state index in [4.69, 9.17) is 47.4 Å². The summed E-state index contributed by atoms with van der Waals surface area (Å²) in [5.41, 5.74) is -2.42. The predicted octanol–water partition coefficient (Wildman–Crippen LogP) is -5.24. The Labute approximate surface area is 515 Å². The molecule has 89 heavy (non-hydrogen) atoms. The largest absolute Gasteiger partial charge is 0.432 e. The average Bonchev–Trinajstić information content (AvgIpc) is 0.680. The van der Waals surface area contributed by atoms with Crippen molar-refractivity contribution in [3.8, 4) is 0 Å². The van der Waals surface area contributed by atoms with Crippen molar-refractivity contribution in [3.05, 3.63) is 11.6 Å². The number of ether oxygens (including phenoxy) is 10. The monoisotopic (exact) mass is 1280 g/mol. The van der Waals surface area contributed by atoms with Crippen LogP contribution in [0, 0.1) is 50.2 Å². The maximum absolute atomic E-state index is 14.9. The SMILES string of the molecule is CC1(C)CC[C@]2(C(=O)O[C@@H]3O[C@H](CO)[C@@H](O)[C@H](O)[C@H]3O)CC[C@]3(C)C(=CC[C@@H]4[C@@]5(C)CC[C@H](O[C@@H]6O[C@H](CO)[C@@H](O)[C@H](O[C@@H]7O[C@H](CO)[C@@H](O)[C@H](O[C@@H]8O[C@H](CO)[C@@H](O)[C@H](O)[C@H]8O)[C@H]7O)[C@H]6O[C@@H]6O[C@H](CO)[C@@H](O)[C@H](O)[C@H]6O)[C@@](C)(CO)[C@@H]5CC[C@]43C)[C@@H]2C1. The average molecular weight is 1280 g/mol. The minimum absolute atomic E-state index is 0.0103. The highest BCUT2D eigenvalue weighted by molar-refractivity contribution is 5.79. The number of rotatable bonds is 16. The number of aliphatic hydroxyl groups excluding tert-OH is 18. The van der Waals surface area contributed by atoms with Gasteiger partial charge in [0.25, 0.3) is 0 Å². The first-order valence-electron chi connectivity index (χ1n) is 31.5. The molecule has 0 unspecified atom stereocenters. The lowest BCUT2D eigenvalue weighted by atomic mass is 9.33. The molecule has 29 nitrogen and oxygen atoms in total. The first-order chi connectivity index (χ1) is 41.9. The van der Waals surface area contributed by atoms with E-state index in [2.05, 4.69) is 40.7 Å². The van der Waals surface area contributed by atoms with Crippen LogP contribution in [0.15, 0.2) is 11.6 Å². The third-order valence-electron chi connectivity index (χ3n) is 23.7. The first kappa shape index (κ1) is 69.9. The zero-order valence-corrected chi connectivity index (χ0v) is 51.2. The summed E-state index contributed by atoms with van der Waals surface area (Å²) >= 11 is 0. The number of hydrogen-bond acceptors (Lipinski definition) is 29. The van der Waals surface area contributed by atoms with Crippen LogP contribution in [0.2, 0.25) is 0 Å². The Morgan fingerprint density at radius 1 is 0.461 bits per heavy atom. The molecule has 5 aliphatic carbocycles. The van der Waals surface area contributed by atoms with Crippen molar-refractivity contribution >= 4 is 5.97 Å². The third-order valence-corrected chi connectivity index (χ3v) is 23.7. The molecule has 512 valence electrons. The lowest BCUT2D eigenvalue weighted by Gasteiger charge is -2.71. The molecule has 0 radical (unpaired) electrons. The van der Waals surface area contributed by atoms with Gasteiger partial charge in [-0.3, -0.25) is 4.79 Å². The molecule has 0 aromatic heterocycles. The Kier molecular flexibility index (Phi) is 20.6. The predicted molar refractivity (Wildman–Crippen MR) is 297 cm³/mol. The fourth-order valence-corrected chi connectivity index (χ4v) is 18.0. The Balaban J connectivity index is 0.940. The normalized spacial score (nSPS) is 54.2. The van der Waals surface area contributed by atoms with Crippen molar-refractivity contribution in [2.75, 3.05) is 39.6 Å². The number of carbonyl (C=O) groups is 1. The van der Waals surface area contributed by atoms with Crippen LogP contribution in [-0.2, 0) is 52.2 Å². The molecule has 34 atom stereocenters. The molecule has 5 saturated heterocycles. The van der Waals surface area contributed by atoms with Crippen LogP contribution in [0.25, 0.3) is 0 Å². The molecule has 18 N–H and O–H groups in total. The Hall–Kier alpha value is -1.87. The molecule has 0 amide bonds. The second-order valence-corrected chi connectivity index (χ2v) is 28.9. The molecular weight excluding hydrogens is 1180 g/mol. The Morgan fingerprint density at radius 2 is 0.910 bits per heavy atom. The van der Waals surface area contributed by atoms with Gasteiger partial charge in [-0.15, -0.1) is 0 Å². The fraction of sp³-hybridized carbons (Fsp3) is 0.950. The van der Waals surface area contributed by atoms with Crippen LogP contribution in [0.3, 0.4) is 0 Å². The van der Waals surface area contributed by atoms with Crippen LogP contribution >= 0.6 is 0 Å². The second kappa shape index (κ2) is 26.3. The lowest BCUT2D eigenvalue weighted by Crippen LogP contribution is -2.69. The number of hydrogen-bond donors (Lipinski definition) is 18. The first-order valence-corrected chi connectivity index (χ1v) is 31.5. The molecular formula is C60H98O29. The van der Waals surface area contributed by atoms with Gasteiger partial charge in [0.2, 0.25) is 6.29 Å². The van der Waals surface area contributed by atoms with E-state index in [0.717, 1.165) is 5.57 Å². The Morgan fingerprint density at radius 3 is 1.44 bits per heavy atom. The van der Waals surface area contributed by atoms with Crippen LogP contribution < -0.4 is 0 Å². The van der Waals surface area contributed by atoms with E-state index >= 15 is 0 Å². The number of allylic oxidation sites excluding steroid dienone is 2. The molecule has 5 heterocycles. The highest BCUT2D eigenvalue weighted by Crippen LogP contribution is 2.76. The smallest absolute Gasteiger partial charge is 0.315 e. The maximum atomic E-state index is 14.9. The summed E-state index contributed by atoms with van der Waals surface area (Å²) in [5, 5.41) is 195. The van der Waals surface area contributed by atoms with Gasteiger partial charge in [0.1, 0.15) is 122 Å². The zero-order valence-electron chi connectivity index (χ0n) is 51.2. The summed E-state index contributed by atoms with van der Waals surface area (Å²) in [6, 6.07) is 0. The number of fused-ring (bicyclic) bond motifs is 7. The Bertz CT molecular complexity index is 2460. The number of carbonyl (C=O) groups excluding carboxylic acids is 1. The lowest BCUT2D eigenvalue weighted by molar-refractivity contribution is -0.405. The summed E-state index contributed by atoms with van der Waals surface area (Å²) < 4.78 is 60.7. The molecule has 0 aromatic rings. The van der Waals surface area contributed by atoms with Gasteiger partial charge in [0.05, 0.1) is 51.2 Å². The van der Waals surface area contributed by atoms with E-state index in [1.54, 1.807) is 0 Å². The van der Waals surface area contributed by atoms with Crippen molar-refractivity contribution in [2.45, 2.75) is 265 Å². The van der Waals surface area contributed by atoms with Crippen LogP contribution in [0.5, 0.6) is 0 Å². The van der Waals surface area contributed by atoms with Gasteiger partial charge in [-0.1, -0.05) is 53.2 Å². The highest BCUT2D eigenvalue weighted by atomic mass is 16.8. The quantitative estimate of drug-likeness (QED) is 0.0390. The summed E-state index contributed by atoms with van der Waals surface area (Å²) in [6.07, 6.45) is -38.4. The number of aliphatic hydroxyl groups is 18. The molecule has 0 bridgehead atoms. The molecule has 10 aliphatic rings. The van der Waals surface area contributed by atoms with Crippen LogP contribution in [-0.4, -0.2) is 297 Å². The van der Waals surface area contributed by atoms with Gasteiger partial charge < -0.3 is 139 Å². The summed E-state index contributed by atoms with van der Waals surface area (Å²) in [4.78, 5) is 14.9. The van der Waals surface area contributed by atoms with Gasteiger partial charge >= 0.3 is 5.97 Å². The number of esters is 1. The summed E-state index contributed by atoms with van der Waals surface area (Å²) in [6.45, 7) is 8.43. The van der Waals surface area contributed by atoms with Crippen molar-refractivity contribution in [1.29, 1.82) is 0 Å². The van der Waals surface area contributed by atoms with E-state index in [1.807, 2.05) is 6.92 Å². The molecule has 9 fully saturated rings. The molecule has 0 aromatic carbocycles. The van der Waals surface area contributed by atoms with Crippen molar-refractivity contribution in [3.63, 3.8) is 0 Å². The summed E-state index contributed by atoms with van der Waals surface area (Å²) in [5.74, 6) is -1.10. The molecule has 10 rings (SSSR count). The highest BCUT2D eigenvalue weighted by Gasteiger charge is 2.71. The second-order valence-electron chi connectivity index (χ2n) is 28.9. The van der Waals surface area contributed by atoms with E-state index in [-0.39, 0.29) is 35.0 Å². The minimum Gasteiger partial charge on any atom is -0.432 e. The van der Waals surface area contributed by atoms with Gasteiger partial charge in [-0.2, -0.15) is 0 Å². The van der Waals surface area contributed by atoms with E-state index in [0.29, 0.717) is 57.8 Å². The van der Waals surface area contributed by atoms with Gasteiger partial charge in [0, 0.05) is 5.41 Å². The van der Waals surface area contributed by atoms with E-state index < -0.39 is 227 Å². The topological polar surface area (TPSA) is 474 Å². The van der Waals surface area contributed by atoms with E-state index in [9.17, 15) is 96.7 Å². The molecule has 4 saturated carbocycles. The zero-order chi connectivity index (χ0) is 65.0. The molecule has 0 spiro atoms. The fourth-order valence-electron chi connectivity index (χ4n) is 18.0. The molecule has 5 aliphatic heterocycles. The van der Waals surface area contributed by atoms with Crippen LogP contribution in [0.4, 0.5) is 0 Å². The molecule has 29 heteroatoms. The maximum Gasteiger partial charge on any atom is 0.315 e. The van der Waals surface area contributed by atoms with Crippen LogP contribution in [0.1, 0.15) is 106 Å².